The summed E-state index contributed by atoms with van der Waals surface area (Å²) < 4.78 is 5.79. The van der Waals surface area contributed by atoms with E-state index >= 15 is 0 Å². The third kappa shape index (κ3) is 6.57. The van der Waals surface area contributed by atoms with Crippen LogP contribution in [0.5, 0.6) is 5.75 Å². The zero-order chi connectivity index (χ0) is 14.8. The number of amides is 1. The summed E-state index contributed by atoms with van der Waals surface area (Å²) in [6.45, 7) is 5.18. The molecule has 0 aromatic heterocycles. The van der Waals surface area contributed by atoms with E-state index in [1.807, 2.05) is 32.0 Å². The van der Waals surface area contributed by atoms with Crippen molar-refractivity contribution in [1.82, 2.24) is 10.6 Å². The quantitative estimate of drug-likeness (QED) is 0.680. The van der Waals surface area contributed by atoms with Crippen LogP contribution in [-0.2, 0) is 11.2 Å². The minimum atomic E-state index is 0.0519. The molecule has 2 N–H and O–H groups in total. The first-order valence-electron chi connectivity index (χ1n) is 7.29. The molecule has 112 valence electrons. The van der Waals surface area contributed by atoms with E-state index in [1.54, 1.807) is 7.05 Å². The summed E-state index contributed by atoms with van der Waals surface area (Å²) in [7, 11) is 1.77. The molecule has 0 heterocycles. The Morgan fingerprint density at radius 1 is 1.25 bits per heavy atom. The minimum Gasteiger partial charge on any atom is -0.491 e. The van der Waals surface area contributed by atoms with Crippen molar-refractivity contribution in [1.29, 1.82) is 0 Å². The van der Waals surface area contributed by atoms with Crippen molar-refractivity contribution in [2.24, 2.45) is 0 Å². The van der Waals surface area contributed by atoms with Crippen LogP contribution in [0, 0.1) is 0 Å². The number of unbranched alkanes of at least 4 members (excludes halogenated alkanes) is 1. The van der Waals surface area contributed by atoms with Crippen molar-refractivity contribution in [2.45, 2.75) is 39.2 Å². The molecular formula is C16H26N2O2. The third-order valence-electron chi connectivity index (χ3n) is 2.87. The number of carbonyl (C=O) groups excluding carboxylic acids is 1. The number of hydrogen-bond donors (Lipinski definition) is 2. The molecule has 1 rings (SSSR count). The number of ether oxygens (including phenoxy) is 1. The predicted octanol–water partition coefficient (Wildman–Crippen LogP) is 2.13. The van der Waals surface area contributed by atoms with Gasteiger partial charge in [0.05, 0.1) is 12.6 Å². The van der Waals surface area contributed by atoms with Crippen molar-refractivity contribution in [3.8, 4) is 5.75 Å². The highest BCUT2D eigenvalue weighted by Crippen LogP contribution is 2.21. The molecule has 0 atom stereocenters. The van der Waals surface area contributed by atoms with Gasteiger partial charge in [-0.1, -0.05) is 18.2 Å². The monoisotopic (exact) mass is 278 g/mol. The summed E-state index contributed by atoms with van der Waals surface area (Å²) in [6.07, 6.45) is 3.19. The molecule has 4 nitrogen and oxygen atoms in total. The highest BCUT2D eigenvalue weighted by molar-refractivity contribution is 5.77. The van der Waals surface area contributed by atoms with Crippen molar-refractivity contribution in [3.05, 3.63) is 29.8 Å². The Labute approximate surface area is 121 Å². The van der Waals surface area contributed by atoms with Gasteiger partial charge in [0.25, 0.3) is 0 Å². The van der Waals surface area contributed by atoms with Crippen LogP contribution in [0.15, 0.2) is 24.3 Å². The van der Waals surface area contributed by atoms with Gasteiger partial charge in [-0.2, -0.15) is 0 Å². The maximum atomic E-state index is 11.3. The molecule has 1 aromatic rings. The molecule has 0 saturated heterocycles. The Hall–Kier alpha value is -1.55. The van der Waals surface area contributed by atoms with Gasteiger partial charge in [0.15, 0.2) is 0 Å². The molecule has 0 aliphatic carbocycles. The molecule has 0 aliphatic heterocycles. The molecule has 0 aliphatic rings. The number of nitrogens with one attached hydrogen (secondary N) is 2. The summed E-state index contributed by atoms with van der Waals surface area (Å²) in [5.74, 6) is 1.03. The lowest BCUT2D eigenvalue weighted by Gasteiger charge is -2.14. The molecule has 4 heteroatoms. The second kappa shape index (κ2) is 9.37. The standard InChI is InChI=1S/C16H26N2O2/c1-13(2)20-15-10-5-4-8-14(15)9-6-7-11-18-16(19)12-17-3/h4-5,8,10,13,17H,6-7,9,11-12H2,1-3H3,(H,18,19). The second-order valence-corrected chi connectivity index (χ2v) is 5.11. The smallest absolute Gasteiger partial charge is 0.233 e. The maximum absolute atomic E-state index is 11.3. The molecule has 0 bridgehead atoms. The van der Waals surface area contributed by atoms with E-state index in [4.69, 9.17) is 4.74 Å². The first kappa shape index (κ1) is 16.5. The van der Waals surface area contributed by atoms with Gasteiger partial charge in [-0.3, -0.25) is 4.79 Å². The topological polar surface area (TPSA) is 50.4 Å². The van der Waals surface area contributed by atoms with Gasteiger partial charge in [0.2, 0.25) is 5.91 Å². The number of carbonyl (C=O) groups is 1. The second-order valence-electron chi connectivity index (χ2n) is 5.11. The molecule has 1 amide bonds. The van der Waals surface area contributed by atoms with Gasteiger partial charge >= 0.3 is 0 Å². The lowest BCUT2D eigenvalue weighted by Crippen LogP contribution is -2.32. The fourth-order valence-corrected chi connectivity index (χ4v) is 1.97. The lowest BCUT2D eigenvalue weighted by atomic mass is 10.1. The average Bonchev–Trinajstić information content (AvgIpc) is 2.40. The maximum Gasteiger partial charge on any atom is 0.233 e. The van der Waals surface area contributed by atoms with E-state index in [1.165, 1.54) is 5.56 Å². The minimum absolute atomic E-state index is 0.0519. The molecule has 0 fully saturated rings. The highest BCUT2D eigenvalue weighted by atomic mass is 16.5. The highest BCUT2D eigenvalue weighted by Gasteiger charge is 2.05. The van der Waals surface area contributed by atoms with E-state index in [0.29, 0.717) is 6.54 Å². The van der Waals surface area contributed by atoms with Crippen LogP contribution in [0.3, 0.4) is 0 Å². The third-order valence-corrected chi connectivity index (χ3v) is 2.87. The normalized spacial score (nSPS) is 10.6. The number of aryl methyl sites for hydroxylation is 1. The number of benzene rings is 1. The summed E-state index contributed by atoms with van der Waals surface area (Å²) >= 11 is 0. The van der Waals surface area contributed by atoms with Gasteiger partial charge in [-0.25, -0.2) is 0 Å². The van der Waals surface area contributed by atoms with Gasteiger partial charge in [0.1, 0.15) is 5.75 Å². The van der Waals surface area contributed by atoms with Crippen LogP contribution in [0.1, 0.15) is 32.3 Å². The first-order chi connectivity index (χ1) is 9.63. The molecular weight excluding hydrogens is 252 g/mol. The van der Waals surface area contributed by atoms with Crippen LogP contribution in [0.25, 0.3) is 0 Å². The molecule has 20 heavy (non-hydrogen) atoms. The van der Waals surface area contributed by atoms with Crippen LogP contribution in [0.4, 0.5) is 0 Å². The number of rotatable bonds is 9. The Kier molecular flexibility index (Phi) is 7.73. The fraction of sp³-hybridized carbons (Fsp3) is 0.562. The number of hydrogen-bond acceptors (Lipinski definition) is 3. The summed E-state index contributed by atoms with van der Waals surface area (Å²) in [5.41, 5.74) is 1.24. The molecule has 0 spiro atoms. The van der Waals surface area contributed by atoms with E-state index in [-0.39, 0.29) is 12.0 Å². The van der Waals surface area contributed by atoms with Gasteiger partial charge in [-0.15, -0.1) is 0 Å². The first-order valence-corrected chi connectivity index (χ1v) is 7.29. The fourth-order valence-electron chi connectivity index (χ4n) is 1.97. The largest absolute Gasteiger partial charge is 0.491 e. The summed E-state index contributed by atoms with van der Waals surface area (Å²) in [5, 5.41) is 5.72. The Morgan fingerprint density at radius 2 is 2.00 bits per heavy atom. The Morgan fingerprint density at radius 3 is 2.70 bits per heavy atom. The van der Waals surface area contributed by atoms with E-state index in [0.717, 1.165) is 31.6 Å². The molecule has 0 radical (unpaired) electrons. The van der Waals surface area contributed by atoms with Gasteiger partial charge in [-0.05, 0) is 51.8 Å². The van der Waals surface area contributed by atoms with Crippen LogP contribution >= 0.6 is 0 Å². The molecule has 0 saturated carbocycles. The Balaban J connectivity index is 2.29. The molecule has 1 aromatic carbocycles. The van der Waals surface area contributed by atoms with E-state index < -0.39 is 0 Å². The van der Waals surface area contributed by atoms with E-state index in [2.05, 4.69) is 16.7 Å². The van der Waals surface area contributed by atoms with Crippen molar-refractivity contribution in [3.63, 3.8) is 0 Å². The van der Waals surface area contributed by atoms with Crippen molar-refractivity contribution >= 4 is 5.91 Å². The van der Waals surface area contributed by atoms with Crippen LogP contribution < -0.4 is 15.4 Å². The predicted molar refractivity (Wildman–Crippen MR) is 82.1 cm³/mol. The van der Waals surface area contributed by atoms with Crippen LogP contribution in [0.2, 0.25) is 0 Å². The van der Waals surface area contributed by atoms with Crippen molar-refractivity contribution < 1.29 is 9.53 Å². The van der Waals surface area contributed by atoms with E-state index in [9.17, 15) is 4.79 Å². The zero-order valence-corrected chi connectivity index (χ0v) is 12.7. The van der Waals surface area contributed by atoms with Crippen LogP contribution in [-0.4, -0.2) is 32.1 Å². The van der Waals surface area contributed by atoms with Gasteiger partial charge < -0.3 is 15.4 Å². The lowest BCUT2D eigenvalue weighted by molar-refractivity contribution is -0.120. The SMILES string of the molecule is CNCC(=O)NCCCCc1ccccc1OC(C)C. The molecule has 0 unspecified atom stereocenters. The number of para-hydroxylation sites is 1. The Bertz CT molecular complexity index is 405. The van der Waals surface area contributed by atoms with Gasteiger partial charge in [0, 0.05) is 6.54 Å². The summed E-state index contributed by atoms with van der Waals surface area (Å²) in [4.78, 5) is 11.3. The summed E-state index contributed by atoms with van der Waals surface area (Å²) in [6, 6.07) is 8.16. The number of likely N-dealkylation sites (N-methyl/N-ethyl adjacent to an activating group) is 1. The van der Waals surface area contributed by atoms with Crippen molar-refractivity contribution in [2.75, 3.05) is 20.1 Å². The average molecular weight is 278 g/mol. The zero-order valence-electron chi connectivity index (χ0n) is 12.7.